The highest BCUT2D eigenvalue weighted by atomic mass is 35.5. The Balaban J connectivity index is 0.000000761. The third kappa shape index (κ3) is 17.3. The summed E-state index contributed by atoms with van der Waals surface area (Å²) >= 11 is 25.7. The van der Waals surface area contributed by atoms with Gasteiger partial charge in [-0.25, -0.2) is 4.99 Å². The monoisotopic (exact) mass is 826 g/mol. The predicted octanol–water partition coefficient (Wildman–Crippen LogP) is 11.0. The summed E-state index contributed by atoms with van der Waals surface area (Å²) in [5.74, 6) is 1.43. The van der Waals surface area contributed by atoms with E-state index in [0.29, 0.717) is 24.8 Å². The van der Waals surface area contributed by atoms with Crippen LogP contribution in [0.5, 0.6) is 21.9 Å². The van der Waals surface area contributed by atoms with Crippen LogP contribution in [0, 0.1) is 27.7 Å². The molecule has 2 aromatic carbocycles. The fraction of sp³-hybridized carbons (Fsp3) is 0.441. The number of nitrogens with one attached hydrogen (secondary N) is 1. The number of aliphatic imine (C=N–C) groups is 1. The molecule has 17 heteroatoms. The standard InChI is InChI=1S/C15H17Cl2N3OS.C11H10Cl2N2OS.C4H10O3.C3H9N.CH4/c1-5-20(4)8-18-11-6-10(3)12(7-9(11)2)21-15-19-13(16)14(17)22-15;1-5-4-8(6(2)3-7(5)14)16-11-15-9(12)10(13)17-11;1-5-4(6-2)7-3;1-3-4-2;/h6-8H,5H2,1-4H3;3-4H,14H2,1-2H3;4H,1-3H3;4H,3H2,1-2H3;1H4. The van der Waals surface area contributed by atoms with Gasteiger partial charge in [0.25, 0.3) is 16.9 Å². The average Bonchev–Trinajstić information content (AvgIpc) is 3.58. The number of thiazole rings is 2. The van der Waals surface area contributed by atoms with Gasteiger partial charge in [0.1, 0.15) is 20.2 Å². The number of aryl methyl sites for hydroxylation is 4. The molecule has 0 aliphatic rings. The first-order valence-electron chi connectivity index (χ1n) is 15.1. The van der Waals surface area contributed by atoms with Gasteiger partial charge < -0.3 is 39.6 Å². The molecule has 11 nitrogen and oxygen atoms in total. The van der Waals surface area contributed by atoms with Crippen LogP contribution in [0.15, 0.2) is 29.3 Å². The number of anilines is 1. The fourth-order valence-electron chi connectivity index (χ4n) is 3.28. The summed E-state index contributed by atoms with van der Waals surface area (Å²) in [6.45, 7) is 13.4. The Labute approximate surface area is 331 Å². The third-order valence-electron chi connectivity index (χ3n) is 6.33. The molecule has 0 fully saturated rings. The first-order valence-corrected chi connectivity index (χ1v) is 18.2. The van der Waals surface area contributed by atoms with Gasteiger partial charge in [-0.3, -0.25) is 0 Å². The van der Waals surface area contributed by atoms with Crippen molar-refractivity contribution in [3.8, 4) is 21.9 Å². The Hall–Kier alpha value is -2.43. The molecule has 3 N–H and O–H groups in total. The van der Waals surface area contributed by atoms with Crippen molar-refractivity contribution in [2.45, 2.75) is 55.4 Å². The van der Waals surface area contributed by atoms with Gasteiger partial charge in [-0.05, 0) is 94.7 Å². The van der Waals surface area contributed by atoms with E-state index in [-0.39, 0.29) is 17.7 Å². The van der Waals surface area contributed by atoms with Crippen LogP contribution in [0.25, 0.3) is 0 Å². The van der Waals surface area contributed by atoms with Gasteiger partial charge in [-0.2, -0.15) is 9.97 Å². The number of rotatable bonds is 11. The second-order valence-corrected chi connectivity index (χ2v) is 14.0. The second kappa shape index (κ2) is 25.5. The number of aromatic nitrogens is 2. The highest BCUT2D eigenvalue weighted by Gasteiger charge is 2.13. The molecule has 4 rings (SSSR count). The summed E-state index contributed by atoms with van der Waals surface area (Å²) in [7, 11) is 8.45. The minimum absolute atomic E-state index is 0. The number of nitrogens with zero attached hydrogens (tertiary/aromatic N) is 4. The Morgan fingerprint density at radius 2 is 1.24 bits per heavy atom. The molecule has 0 unspecified atom stereocenters. The van der Waals surface area contributed by atoms with Gasteiger partial charge in [0.05, 0.1) is 12.0 Å². The van der Waals surface area contributed by atoms with Gasteiger partial charge >= 0.3 is 0 Å². The highest BCUT2D eigenvalue weighted by Crippen LogP contribution is 2.38. The van der Waals surface area contributed by atoms with E-state index in [4.69, 9.17) is 61.6 Å². The number of ether oxygens (including phenoxy) is 5. The lowest BCUT2D eigenvalue weighted by Gasteiger charge is -2.11. The molecule has 0 radical (unpaired) electrons. The first kappa shape index (κ1) is 48.6. The van der Waals surface area contributed by atoms with Crippen molar-refractivity contribution in [3.63, 3.8) is 0 Å². The smallest absolute Gasteiger partial charge is 0.281 e. The van der Waals surface area contributed by atoms with E-state index in [0.717, 1.165) is 52.5 Å². The van der Waals surface area contributed by atoms with Crippen molar-refractivity contribution in [2.24, 2.45) is 4.99 Å². The molecule has 286 valence electrons. The van der Waals surface area contributed by atoms with Crippen LogP contribution in [-0.2, 0) is 14.2 Å². The summed E-state index contributed by atoms with van der Waals surface area (Å²) in [5.41, 5.74) is 11.4. The van der Waals surface area contributed by atoms with Crippen LogP contribution in [-0.4, -0.2) is 76.2 Å². The van der Waals surface area contributed by atoms with Gasteiger partial charge in [-0.1, -0.05) is 83.4 Å². The molecule has 51 heavy (non-hydrogen) atoms. The topological polar surface area (TPSA) is 126 Å². The van der Waals surface area contributed by atoms with Crippen molar-refractivity contribution in [1.82, 2.24) is 20.2 Å². The van der Waals surface area contributed by atoms with E-state index in [1.165, 1.54) is 44.0 Å². The van der Waals surface area contributed by atoms with Crippen LogP contribution in [0.2, 0.25) is 19.0 Å². The third-order valence-corrected chi connectivity index (χ3v) is 9.56. The quantitative estimate of drug-likeness (QED) is 0.0653. The minimum Gasteiger partial charge on any atom is -0.431 e. The van der Waals surface area contributed by atoms with Gasteiger partial charge in [0.2, 0.25) is 0 Å². The normalized spacial score (nSPS) is 10.4. The summed E-state index contributed by atoms with van der Waals surface area (Å²) in [5, 5.41) is 4.31. The molecule has 0 aliphatic carbocycles. The molecule has 0 amide bonds. The lowest BCUT2D eigenvalue weighted by atomic mass is 10.1. The summed E-state index contributed by atoms with van der Waals surface area (Å²) in [6, 6.07) is 7.66. The zero-order valence-corrected chi connectivity index (χ0v) is 34.8. The summed E-state index contributed by atoms with van der Waals surface area (Å²) in [6.07, 6.45) is 1.82. The fourth-order valence-corrected chi connectivity index (χ4v) is 5.35. The SMILES string of the molecule is C.CCN(C)C=Nc1cc(C)c(Oc2nc(Cl)c(Cl)s2)cc1C.CCNC.COC(OC)OC.Cc1cc(Oc2nc(Cl)c(Cl)s2)c(C)cc1N. The zero-order chi connectivity index (χ0) is 38.0. The summed E-state index contributed by atoms with van der Waals surface area (Å²) < 4.78 is 26.1. The lowest BCUT2D eigenvalue weighted by Crippen LogP contribution is -2.14. The molecule has 0 atom stereocenters. The largest absolute Gasteiger partial charge is 0.431 e. The van der Waals surface area contributed by atoms with Crippen LogP contribution < -0.4 is 20.5 Å². The Bertz CT molecular complexity index is 1590. The van der Waals surface area contributed by atoms with Crippen molar-refractivity contribution < 1.29 is 23.7 Å². The molecule has 4 aromatic rings. The number of hydrogen-bond donors (Lipinski definition) is 2. The van der Waals surface area contributed by atoms with Gasteiger partial charge in [-0.15, -0.1) is 0 Å². The second-order valence-electron chi connectivity index (χ2n) is 10.2. The molecule has 0 bridgehead atoms. The Morgan fingerprint density at radius 1 is 0.804 bits per heavy atom. The van der Waals surface area contributed by atoms with Crippen molar-refractivity contribution >= 4 is 86.8 Å². The number of methoxy groups -OCH3 is 3. The van der Waals surface area contributed by atoms with Crippen LogP contribution in [0.4, 0.5) is 11.4 Å². The molecule has 0 spiro atoms. The predicted molar refractivity (Wildman–Crippen MR) is 218 cm³/mol. The molecule has 0 saturated carbocycles. The number of benzene rings is 2. The Kier molecular flexibility index (Phi) is 24.3. The molecular formula is C34H50Cl4N6O5S2. The highest BCUT2D eigenvalue weighted by molar-refractivity contribution is 7.18. The van der Waals surface area contributed by atoms with Crippen molar-refractivity contribution in [3.05, 3.63) is 65.5 Å². The number of nitrogens with two attached hydrogens (primary N) is 1. The van der Waals surface area contributed by atoms with Crippen LogP contribution in [0.1, 0.15) is 43.5 Å². The molecule has 0 saturated heterocycles. The maximum absolute atomic E-state index is 5.90. The van der Waals surface area contributed by atoms with E-state index < -0.39 is 6.48 Å². The van der Waals surface area contributed by atoms with Crippen LogP contribution >= 0.6 is 69.1 Å². The lowest BCUT2D eigenvalue weighted by molar-refractivity contribution is -0.252. The van der Waals surface area contributed by atoms with Crippen molar-refractivity contribution in [2.75, 3.05) is 54.2 Å². The average molecular weight is 829 g/mol. The van der Waals surface area contributed by atoms with E-state index in [1.807, 2.05) is 77.3 Å². The number of halogens is 4. The molecule has 0 aliphatic heterocycles. The number of nitrogen functional groups attached to an aromatic ring is 1. The number of hydrogen-bond acceptors (Lipinski definition) is 12. The van der Waals surface area contributed by atoms with E-state index >= 15 is 0 Å². The maximum Gasteiger partial charge on any atom is 0.281 e. The molecule has 2 aromatic heterocycles. The molecular weight excluding hydrogens is 778 g/mol. The van der Waals surface area contributed by atoms with Crippen LogP contribution in [0.3, 0.4) is 0 Å². The zero-order valence-electron chi connectivity index (χ0n) is 30.1. The summed E-state index contributed by atoms with van der Waals surface area (Å²) in [4.78, 5) is 14.6. The molecule has 2 heterocycles. The van der Waals surface area contributed by atoms with E-state index in [2.05, 4.69) is 48.3 Å². The van der Waals surface area contributed by atoms with Gasteiger partial charge in [0.15, 0.2) is 10.3 Å². The first-order chi connectivity index (χ1) is 23.6. The van der Waals surface area contributed by atoms with E-state index in [1.54, 1.807) is 0 Å². The minimum atomic E-state index is -0.514. The Morgan fingerprint density at radius 3 is 1.59 bits per heavy atom. The maximum atomic E-state index is 5.90. The van der Waals surface area contributed by atoms with Gasteiger partial charge in [0, 0.05) is 40.6 Å². The van der Waals surface area contributed by atoms with Crippen molar-refractivity contribution in [1.29, 1.82) is 0 Å². The van der Waals surface area contributed by atoms with E-state index in [9.17, 15) is 0 Å².